The molecular weight excluding hydrogens is 346 g/mol. The summed E-state index contributed by atoms with van der Waals surface area (Å²) in [5.41, 5.74) is -1.08. The van der Waals surface area contributed by atoms with Crippen LogP contribution in [0.2, 0.25) is 0 Å². The lowest BCUT2D eigenvalue weighted by atomic mass is 10.1. The standard InChI is InChI=1S/C10H13ClFN3O.C2HF3O2/c11-9(12)10(16)14-6-7-5-13-8-3-1-2-4-15(7)8;3-2(4,5)1(6)7/h5,9H,1-4,6H2,(H,14,16);(H,6,7). The molecule has 2 N–H and O–H groups in total. The Balaban J connectivity index is 0.000000322. The molecule has 23 heavy (non-hydrogen) atoms. The van der Waals surface area contributed by atoms with Gasteiger partial charge in [0.05, 0.1) is 18.4 Å². The van der Waals surface area contributed by atoms with Gasteiger partial charge in [0.25, 0.3) is 11.5 Å². The smallest absolute Gasteiger partial charge is 0.475 e. The minimum Gasteiger partial charge on any atom is -0.475 e. The van der Waals surface area contributed by atoms with Crippen molar-refractivity contribution in [3.05, 3.63) is 17.7 Å². The van der Waals surface area contributed by atoms with Crippen LogP contribution in [0, 0.1) is 0 Å². The van der Waals surface area contributed by atoms with Gasteiger partial charge in [-0.05, 0) is 12.8 Å². The van der Waals surface area contributed by atoms with E-state index in [2.05, 4.69) is 14.9 Å². The minimum atomic E-state index is -5.08. The Morgan fingerprint density at radius 1 is 1.43 bits per heavy atom. The highest BCUT2D eigenvalue weighted by atomic mass is 35.5. The first-order valence-corrected chi connectivity index (χ1v) is 6.95. The number of aromatic nitrogens is 2. The number of halogens is 5. The van der Waals surface area contributed by atoms with Crippen molar-refractivity contribution in [3.63, 3.8) is 0 Å². The lowest BCUT2D eigenvalue weighted by Gasteiger charge is -2.16. The molecule has 1 amide bonds. The number of alkyl halides is 5. The van der Waals surface area contributed by atoms with Crippen molar-refractivity contribution in [2.75, 3.05) is 0 Å². The number of carbonyl (C=O) groups is 2. The maximum Gasteiger partial charge on any atom is 0.490 e. The number of imidazole rings is 1. The number of rotatable bonds is 3. The summed E-state index contributed by atoms with van der Waals surface area (Å²) >= 11 is 5.01. The van der Waals surface area contributed by atoms with Crippen LogP contribution in [0.1, 0.15) is 24.4 Å². The third-order valence-corrected chi connectivity index (χ3v) is 3.14. The van der Waals surface area contributed by atoms with Crippen molar-refractivity contribution in [1.29, 1.82) is 0 Å². The summed E-state index contributed by atoms with van der Waals surface area (Å²) < 4.78 is 46.2. The van der Waals surface area contributed by atoms with Gasteiger partial charge in [0.15, 0.2) is 0 Å². The van der Waals surface area contributed by atoms with E-state index in [4.69, 9.17) is 21.5 Å². The van der Waals surface area contributed by atoms with Gasteiger partial charge in [0, 0.05) is 13.0 Å². The third kappa shape index (κ3) is 6.05. The average molecular weight is 360 g/mol. The number of fused-ring (bicyclic) bond motifs is 1. The first-order chi connectivity index (χ1) is 10.6. The van der Waals surface area contributed by atoms with Crippen LogP contribution in [0.3, 0.4) is 0 Å². The summed E-state index contributed by atoms with van der Waals surface area (Å²) in [6.07, 6.45) is -0.125. The van der Waals surface area contributed by atoms with Crippen molar-refractivity contribution >= 4 is 23.5 Å². The molecule has 0 spiro atoms. The first-order valence-electron chi connectivity index (χ1n) is 6.52. The molecule has 1 atom stereocenters. The van der Waals surface area contributed by atoms with E-state index in [1.54, 1.807) is 6.20 Å². The van der Waals surface area contributed by atoms with Crippen LogP contribution in [0.5, 0.6) is 0 Å². The Kier molecular flexibility index (Phi) is 6.79. The van der Waals surface area contributed by atoms with Crippen LogP contribution >= 0.6 is 11.6 Å². The molecule has 0 fully saturated rings. The van der Waals surface area contributed by atoms with E-state index in [0.29, 0.717) is 0 Å². The molecule has 0 aliphatic carbocycles. The van der Waals surface area contributed by atoms with Crippen molar-refractivity contribution in [2.45, 2.75) is 44.2 Å². The average Bonchev–Trinajstić information content (AvgIpc) is 2.87. The number of hydrogen-bond acceptors (Lipinski definition) is 3. The van der Waals surface area contributed by atoms with Crippen molar-refractivity contribution in [1.82, 2.24) is 14.9 Å². The second kappa shape index (κ2) is 8.14. The quantitative estimate of drug-likeness (QED) is 0.638. The van der Waals surface area contributed by atoms with Crippen LogP contribution in [0.15, 0.2) is 6.20 Å². The molecule has 2 heterocycles. The number of nitrogens with zero attached hydrogens (tertiary/aromatic N) is 2. The zero-order valence-electron chi connectivity index (χ0n) is 11.7. The molecule has 6 nitrogen and oxygen atoms in total. The number of carboxylic acid groups (broad SMARTS) is 1. The Morgan fingerprint density at radius 3 is 2.57 bits per heavy atom. The Morgan fingerprint density at radius 2 is 2.04 bits per heavy atom. The fourth-order valence-corrected chi connectivity index (χ4v) is 1.95. The molecule has 0 radical (unpaired) electrons. The largest absolute Gasteiger partial charge is 0.490 e. The van der Waals surface area contributed by atoms with Crippen LogP contribution in [0.4, 0.5) is 17.6 Å². The molecule has 1 aliphatic rings. The molecule has 1 aromatic rings. The zero-order chi connectivity index (χ0) is 17.6. The molecule has 1 unspecified atom stereocenters. The number of aliphatic carboxylic acids is 1. The van der Waals surface area contributed by atoms with Gasteiger partial charge >= 0.3 is 12.1 Å². The fraction of sp³-hybridized carbons (Fsp3) is 0.583. The summed E-state index contributed by atoms with van der Waals surface area (Å²) in [6, 6.07) is 0. The predicted molar refractivity (Wildman–Crippen MR) is 71.5 cm³/mol. The van der Waals surface area contributed by atoms with Gasteiger partial charge in [0.2, 0.25) is 0 Å². The van der Waals surface area contributed by atoms with E-state index in [1.807, 2.05) is 0 Å². The molecule has 1 aromatic heterocycles. The predicted octanol–water partition coefficient (Wildman–Crippen LogP) is 2.00. The van der Waals surface area contributed by atoms with Crippen molar-refractivity contribution in [2.24, 2.45) is 0 Å². The highest BCUT2D eigenvalue weighted by molar-refractivity contribution is 6.29. The summed E-state index contributed by atoms with van der Waals surface area (Å²) in [4.78, 5) is 24.1. The van der Waals surface area contributed by atoms with Crippen molar-refractivity contribution < 1.29 is 32.3 Å². The number of carbonyl (C=O) groups excluding carboxylic acids is 1. The van der Waals surface area contributed by atoms with Crippen LogP contribution in [-0.2, 0) is 29.1 Å². The van der Waals surface area contributed by atoms with E-state index < -0.39 is 23.7 Å². The Bertz CT molecular complexity index is 560. The van der Waals surface area contributed by atoms with Crippen LogP contribution in [0.25, 0.3) is 0 Å². The molecule has 0 saturated heterocycles. The second-order valence-electron chi connectivity index (χ2n) is 4.60. The maximum absolute atomic E-state index is 12.4. The van der Waals surface area contributed by atoms with E-state index in [0.717, 1.165) is 37.3 Å². The molecule has 2 rings (SSSR count). The Hall–Kier alpha value is -1.84. The summed E-state index contributed by atoms with van der Waals surface area (Å²) in [7, 11) is 0. The highest BCUT2D eigenvalue weighted by Crippen LogP contribution is 2.16. The van der Waals surface area contributed by atoms with E-state index in [9.17, 15) is 22.4 Å². The summed E-state index contributed by atoms with van der Waals surface area (Å²) in [6.45, 7) is 1.19. The molecule has 0 aromatic carbocycles. The molecule has 0 bridgehead atoms. The molecule has 1 aliphatic heterocycles. The van der Waals surface area contributed by atoms with Crippen LogP contribution < -0.4 is 5.32 Å². The zero-order valence-corrected chi connectivity index (χ0v) is 12.5. The SMILES string of the molecule is O=C(NCc1cnc2n1CCCC2)C(F)Cl.O=C(O)C(F)(F)F. The number of amides is 1. The highest BCUT2D eigenvalue weighted by Gasteiger charge is 2.38. The van der Waals surface area contributed by atoms with Gasteiger partial charge < -0.3 is 15.0 Å². The summed E-state index contributed by atoms with van der Waals surface area (Å²) in [5.74, 6) is -2.52. The maximum atomic E-state index is 12.4. The molecule has 11 heteroatoms. The number of nitrogens with one attached hydrogen (secondary N) is 1. The van der Waals surface area contributed by atoms with Crippen LogP contribution in [-0.4, -0.2) is 38.3 Å². The molecule has 130 valence electrons. The van der Waals surface area contributed by atoms with E-state index in [1.165, 1.54) is 0 Å². The first kappa shape index (κ1) is 19.2. The minimum absolute atomic E-state index is 0.277. The van der Waals surface area contributed by atoms with Gasteiger partial charge in [-0.15, -0.1) is 0 Å². The molecule has 0 saturated carbocycles. The van der Waals surface area contributed by atoms with E-state index >= 15 is 0 Å². The van der Waals surface area contributed by atoms with Gasteiger partial charge in [-0.2, -0.15) is 13.2 Å². The Labute approximate surface area is 133 Å². The topological polar surface area (TPSA) is 84.2 Å². The molecular formula is C12H14ClF4N3O3. The lowest BCUT2D eigenvalue weighted by molar-refractivity contribution is -0.192. The lowest BCUT2D eigenvalue weighted by Crippen LogP contribution is -2.29. The van der Waals surface area contributed by atoms with Gasteiger partial charge in [-0.3, -0.25) is 4.79 Å². The number of aryl methyl sites for hydroxylation is 1. The van der Waals surface area contributed by atoms with Gasteiger partial charge in [-0.25, -0.2) is 14.2 Å². The van der Waals surface area contributed by atoms with Gasteiger partial charge in [-0.1, -0.05) is 11.6 Å². The van der Waals surface area contributed by atoms with E-state index in [-0.39, 0.29) is 6.54 Å². The number of hydrogen-bond donors (Lipinski definition) is 2. The second-order valence-corrected chi connectivity index (χ2v) is 4.98. The third-order valence-electron chi connectivity index (χ3n) is 2.94. The van der Waals surface area contributed by atoms with Crippen molar-refractivity contribution in [3.8, 4) is 0 Å². The monoisotopic (exact) mass is 359 g/mol. The fourth-order valence-electron chi connectivity index (χ4n) is 1.88. The van der Waals surface area contributed by atoms with Gasteiger partial charge in [0.1, 0.15) is 5.82 Å². The normalized spacial score (nSPS) is 15.0. The summed E-state index contributed by atoms with van der Waals surface area (Å²) in [5, 5.41) is 9.55. The number of carboxylic acids is 1.